The SMILES string of the molecule is C=[C]c1cc(CCCC)cc(CCCC)c1. The van der Waals surface area contributed by atoms with Gasteiger partial charge >= 0.3 is 0 Å². The second kappa shape index (κ2) is 7.27. The standard InChI is InChI=1S/C16H23/c1-4-7-9-15-11-14(6-3)12-16(13-15)10-8-5-2/h11-13H,3-5,7-10H2,1-2H3. The zero-order valence-electron chi connectivity index (χ0n) is 10.7. The van der Waals surface area contributed by atoms with Crippen LogP contribution in [0.2, 0.25) is 0 Å². The van der Waals surface area contributed by atoms with Gasteiger partial charge in [-0.05, 0) is 48.4 Å². The molecule has 0 heteroatoms. The lowest BCUT2D eigenvalue weighted by Crippen LogP contribution is -1.92. The molecule has 1 aromatic rings. The first-order chi connectivity index (χ1) is 7.80. The van der Waals surface area contributed by atoms with Crippen molar-refractivity contribution < 1.29 is 0 Å². The van der Waals surface area contributed by atoms with Crippen LogP contribution in [0.25, 0.3) is 0 Å². The zero-order valence-corrected chi connectivity index (χ0v) is 10.7. The average molecular weight is 215 g/mol. The smallest absolute Gasteiger partial charge is 0.0178 e. The monoisotopic (exact) mass is 215 g/mol. The molecule has 0 atom stereocenters. The highest BCUT2D eigenvalue weighted by atomic mass is 14.0. The summed E-state index contributed by atoms with van der Waals surface area (Å²) in [5, 5.41) is 0. The Morgan fingerprint density at radius 3 is 1.81 bits per heavy atom. The summed E-state index contributed by atoms with van der Waals surface area (Å²) in [6.45, 7) is 8.22. The third kappa shape index (κ3) is 4.22. The Balaban J connectivity index is 2.78. The molecule has 0 aliphatic heterocycles. The van der Waals surface area contributed by atoms with E-state index in [1.165, 1.54) is 49.7 Å². The van der Waals surface area contributed by atoms with Crippen LogP contribution in [0, 0.1) is 6.08 Å². The fourth-order valence-corrected chi connectivity index (χ4v) is 1.92. The van der Waals surface area contributed by atoms with Gasteiger partial charge in [-0.2, -0.15) is 0 Å². The van der Waals surface area contributed by atoms with Gasteiger partial charge < -0.3 is 0 Å². The predicted molar refractivity (Wildman–Crippen MR) is 71.6 cm³/mol. The normalized spacial score (nSPS) is 10.4. The summed E-state index contributed by atoms with van der Waals surface area (Å²) in [6.07, 6.45) is 10.4. The number of unbranched alkanes of at least 4 members (excludes halogenated alkanes) is 2. The van der Waals surface area contributed by atoms with Gasteiger partial charge in [0.1, 0.15) is 0 Å². The molecule has 16 heavy (non-hydrogen) atoms. The fraction of sp³-hybridized carbons (Fsp3) is 0.500. The molecule has 1 rings (SSSR count). The van der Waals surface area contributed by atoms with Crippen molar-refractivity contribution in [1.82, 2.24) is 0 Å². The second-order valence-electron chi connectivity index (χ2n) is 4.42. The van der Waals surface area contributed by atoms with Crippen LogP contribution in [0.5, 0.6) is 0 Å². The lowest BCUT2D eigenvalue weighted by Gasteiger charge is -2.07. The number of rotatable bonds is 7. The minimum atomic E-state index is 1.15. The number of benzene rings is 1. The van der Waals surface area contributed by atoms with E-state index in [1.54, 1.807) is 0 Å². The Morgan fingerprint density at radius 1 is 0.938 bits per heavy atom. The molecule has 0 unspecified atom stereocenters. The molecule has 0 N–H and O–H groups in total. The van der Waals surface area contributed by atoms with Gasteiger partial charge in [0.05, 0.1) is 0 Å². The lowest BCUT2D eigenvalue weighted by atomic mass is 9.99. The number of hydrogen-bond acceptors (Lipinski definition) is 0. The Labute approximate surface area is 100 Å². The Morgan fingerprint density at radius 2 is 1.44 bits per heavy atom. The van der Waals surface area contributed by atoms with Gasteiger partial charge in [-0.15, -0.1) is 0 Å². The molecule has 1 radical (unpaired) electrons. The molecule has 0 bridgehead atoms. The van der Waals surface area contributed by atoms with Crippen molar-refractivity contribution in [3.63, 3.8) is 0 Å². The fourth-order valence-electron chi connectivity index (χ4n) is 1.92. The van der Waals surface area contributed by atoms with Crippen LogP contribution in [0.3, 0.4) is 0 Å². The first-order valence-corrected chi connectivity index (χ1v) is 6.46. The van der Waals surface area contributed by atoms with Gasteiger partial charge in [-0.1, -0.05) is 51.5 Å². The van der Waals surface area contributed by atoms with Gasteiger partial charge in [0, 0.05) is 0 Å². The topological polar surface area (TPSA) is 0 Å². The third-order valence-electron chi connectivity index (χ3n) is 2.89. The van der Waals surface area contributed by atoms with Gasteiger partial charge in [-0.3, -0.25) is 0 Å². The van der Waals surface area contributed by atoms with Crippen molar-refractivity contribution in [2.45, 2.75) is 52.4 Å². The van der Waals surface area contributed by atoms with Crippen LogP contribution in [0.1, 0.15) is 56.2 Å². The summed E-state index contributed by atoms with van der Waals surface area (Å²) in [5.41, 5.74) is 4.04. The summed E-state index contributed by atoms with van der Waals surface area (Å²) in [6, 6.07) is 6.79. The molecule has 0 aliphatic carbocycles. The van der Waals surface area contributed by atoms with Gasteiger partial charge in [0.2, 0.25) is 0 Å². The van der Waals surface area contributed by atoms with Crippen molar-refractivity contribution in [2.24, 2.45) is 0 Å². The molecule has 0 nitrogen and oxygen atoms in total. The highest BCUT2D eigenvalue weighted by Crippen LogP contribution is 2.15. The second-order valence-corrected chi connectivity index (χ2v) is 4.42. The molecule has 0 saturated carbocycles. The lowest BCUT2D eigenvalue weighted by molar-refractivity contribution is 0.780. The van der Waals surface area contributed by atoms with Gasteiger partial charge in [0.25, 0.3) is 0 Å². The van der Waals surface area contributed by atoms with Crippen LogP contribution >= 0.6 is 0 Å². The van der Waals surface area contributed by atoms with E-state index in [-0.39, 0.29) is 0 Å². The maximum atomic E-state index is 3.75. The molecule has 0 saturated heterocycles. The van der Waals surface area contributed by atoms with Crippen molar-refractivity contribution in [3.05, 3.63) is 47.5 Å². The molecular weight excluding hydrogens is 192 g/mol. The Kier molecular flexibility index (Phi) is 5.92. The molecule has 0 heterocycles. The van der Waals surface area contributed by atoms with Crippen LogP contribution in [0.4, 0.5) is 0 Å². The maximum absolute atomic E-state index is 3.75. The van der Waals surface area contributed by atoms with Crippen LogP contribution in [-0.4, -0.2) is 0 Å². The van der Waals surface area contributed by atoms with Crippen LogP contribution in [0.15, 0.2) is 24.8 Å². The van der Waals surface area contributed by atoms with E-state index in [2.05, 4.69) is 44.7 Å². The first kappa shape index (κ1) is 13.0. The summed E-state index contributed by atoms with van der Waals surface area (Å²) >= 11 is 0. The Hall–Kier alpha value is -1.04. The maximum Gasteiger partial charge on any atom is -0.0178 e. The van der Waals surface area contributed by atoms with E-state index in [4.69, 9.17) is 0 Å². The molecule has 0 spiro atoms. The third-order valence-corrected chi connectivity index (χ3v) is 2.89. The number of aryl methyl sites for hydroxylation is 2. The zero-order chi connectivity index (χ0) is 11.8. The highest BCUT2D eigenvalue weighted by Gasteiger charge is 1.99. The Bertz CT molecular complexity index is 297. The van der Waals surface area contributed by atoms with E-state index in [1.807, 2.05) is 0 Å². The molecule has 87 valence electrons. The van der Waals surface area contributed by atoms with Crippen molar-refractivity contribution in [3.8, 4) is 0 Å². The summed E-state index contributed by atoms with van der Waals surface area (Å²) in [4.78, 5) is 0. The largest absolute Gasteiger partial charge is 0.0906 e. The van der Waals surface area contributed by atoms with Crippen LogP contribution in [-0.2, 0) is 12.8 Å². The van der Waals surface area contributed by atoms with E-state index in [0.29, 0.717) is 0 Å². The first-order valence-electron chi connectivity index (χ1n) is 6.46. The summed E-state index contributed by atoms with van der Waals surface area (Å²) in [7, 11) is 0. The quantitative estimate of drug-likeness (QED) is 0.618. The van der Waals surface area contributed by atoms with E-state index >= 15 is 0 Å². The average Bonchev–Trinajstić information content (AvgIpc) is 2.33. The van der Waals surface area contributed by atoms with E-state index in [0.717, 1.165) is 5.56 Å². The molecule has 0 amide bonds. The van der Waals surface area contributed by atoms with Crippen molar-refractivity contribution in [2.75, 3.05) is 0 Å². The molecular formula is C16H23. The van der Waals surface area contributed by atoms with Gasteiger partial charge in [-0.25, -0.2) is 0 Å². The number of hydrogen-bond donors (Lipinski definition) is 0. The molecule has 0 fully saturated rings. The summed E-state index contributed by atoms with van der Waals surface area (Å²) < 4.78 is 0. The minimum Gasteiger partial charge on any atom is -0.0906 e. The summed E-state index contributed by atoms with van der Waals surface area (Å²) in [5.74, 6) is 0. The highest BCUT2D eigenvalue weighted by molar-refractivity contribution is 5.33. The molecule has 0 aliphatic rings. The van der Waals surface area contributed by atoms with Gasteiger partial charge in [0.15, 0.2) is 0 Å². The van der Waals surface area contributed by atoms with E-state index < -0.39 is 0 Å². The molecule has 1 aromatic carbocycles. The van der Waals surface area contributed by atoms with E-state index in [9.17, 15) is 0 Å². The molecule has 0 aromatic heterocycles. The van der Waals surface area contributed by atoms with Crippen LogP contribution < -0.4 is 0 Å². The predicted octanol–water partition coefficient (Wildman–Crippen LogP) is 4.71. The van der Waals surface area contributed by atoms with Crippen molar-refractivity contribution >= 4 is 0 Å². The minimum absolute atomic E-state index is 1.15. The van der Waals surface area contributed by atoms with Crippen molar-refractivity contribution in [1.29, 1.82) is 0 Å².